The summed E-state index contributed by atoms with van der Waals surface area (Å²) in [4.78, 5) is 60.6. The zero-order valence-corrected chi connectivity index (χ0v) is 28.9. The van der Waals surface area contributed by atoms with Gasteiger partial charge in [-0.3, -0.25) is 24.1 Å². The van der Waals surface area contributed by atoms with Gasteiger partial charge in [-0.1, -0.05) is 58.4 Å². The lowest BCUT2D eigenvalue weighted by atomic mass is 9.70. The summed E-state index contributed by atoms with van der Waals surface area (Å²) in [5.74, 6) is -3.36. The van der Waals surface area contributed by atoms with Crippen molar-refractivity contribution in [3.05, 3.63) is 61.2 Å². The van der Waals surface area contributed by atoms with Crippen molar-refractivity contribution in [2.24, 2.45) is 11.8 Å². The summed E-state index contributed by atoms with van der Waals surface area (Å²) < 4.78 is 18.2. The highest BCUT2D eigenvalue weighted by Gasteiger charge is 2.77. The van der Waals surface area contributed by atoms with Crippen molar-refractivity contribution in [3.63, 3.8) is 0 Å². The summed E-state index contributed by atoms with van der Waals surface area (Å²) >= 11 is 3.71. The van der Waals surface area contributed by atoms with Gasteiger partial charge in [0.15, 0.2) is 0 Å². The Labute approximate surface area is 290 Å². The minimum Gasteiger partial charge on any atom is -0.455 e. The van der Waals surface area contributed by atoms with Crippen LogP contribution in [0.15, 0.2) is 55.6 Å². The number of amides is 3. The molecule has 5 rings (SSSR count). The first kappa shape index (κ1) is 36.2. The highest BCUT2D eigenvalue weighted by atomic mass is 79.9. The number of hydrogen-bond acceptors (Lipinski definition) is 9. The Kier molecular flexibility index (Phi) is 12.5. The van der Waals surface area contributed by atoms with Gasteiger partial charge in [0.2, 0.25) is 17.7 Å². The van der Waals surface area contributed by atoms with E-state index in [1.54, 1.807) is 17.1 Å². The predicted octanol–water partition coefficient (Wildman–Crippen LogP) is 1.83. The molecular formula is C35H47BrN4O8. The molecule has 3 amide bonds. The number of benzene rings is 1. The number of nitrogens with zero attached hydrogens (tertiary/aromatic N) is 3. The fourth-order valence-corrected chi connectivity index (χ4v) is 8.45. The fourth-order valence-electron chi connectivity index (χ4n) is 7.51. The largest absolute Gasteiger partial charge is 0.455 e. The number of carbonyl (C=O) groups excluding carboxylic acids is 4. The van der Waals surface area contributed by atoms with Crippen LogP contribution in [0, 0.1) is 11.8 Å². The van der Waals surface area contributed by atoms with Crippen molar-refractivity contribution in [2.45, 2.75) is 54.4 Å². The van der Waals surface area contributed by atoms with Crippen molar-refractivity contribution in [2.75, 3.05) is 65.6 Å². The molecule has 4 aliphatic rings. The molecule has 48 heavy (non-hydrogen) atoms. The first-order chi connectivity index (χ1) is 23.2. The number of alkyl halides is 1. The summed E-state index contributed by atoms with van der Waals surface area (Å²) in [7, 11) is 0. The Morgan fingerprint density at radius 1 is 1.17 bits per heavy atom. The van der Waals surface area contributed by atoms with Crippen molar-refractivity contribution in [3.8, 4) is 0 Å². The number of carbonyl (C=O) groups is 4. The molecule has 4 fully saturated rings. The average Bonchev–Trinajstić information content (AvgIpc) is 3.69. The van der Waals surface area contributed by atoms with Gasteiger partial charge < -0.3 is 34.4 Å². The van der Waals surface area contributed by atoms with Crippen LogP contribution in [0.3, 0.4) is 0 Å². The van der Waals surface area contributed by atoms with E-state index in [9.17, 15) is 24.3 Å². The van der Waals surface area contributed by atoms with Crippen LogP contribution < -0.4 is 5.32 Å². The monoisotopic (exact) mass is 730 g/mol. The van der Waals surface area contributed by atoms with Crippen LogP contribution in [0.5, 0.6) is 0 Å². The van der Waals surface area contributed by atoms with Crippen LogP contribution in [-0.2, 0) is 33.4 Å². The number of aliphatic hydroxyl groups excluding tert-OH is 1. The summed E-state index contributed by atoms with van der Waals surface area (Å²) in [5, 5.41) is 12.6. The number of rotatable bonds is 17. The molecule has 262 valence electrons. The van der Waals surface area contributed by atoms with E-state index in [1.807, 2.05) is 30.3 Å². The Morgan fingerprint density at radius 3 is 2.60 bits per heavy atom. The van der Waals surface area contributed by atoms with Gasteiger partial charge in [0.25, 0.3) is 0 Å². The minimum atomic E-state index is -1.26. The van der Waals surface area contributed by atoms with Crippen LogP contribution in [0.2, 0.25) is 0 Å². The van der Waals surface area contributed by atoms with Crippen LogP contribution in [0.25, 0.3) is 0 Å². The third kappa shape index (κ3) is 7.55. The maximum Gasteiger partial charge on any atom is 0.313 e. The fraction of sp³-hybridized carbons (Fsp3) is 0.600. The van der Waals surface area contributed by atoms with Crippen LogP contribution in [0.1, 0.15) is 37.4 Å². The van der Waals surface area contributed by atoms with Crippen LogP contribution >= 0.6 is 15.9 Å². The van der Waals surface area contributed by atoms with Crippen molar-refractivity contribution >= 4 is 39.6 Å². The third-order valence-corrected chi connectivity index (χ3v) is 10.6. The number of likely N-dealkylation sites (tertiary alicyclic amines) is 1. The molecule has 1 aromatic carbocycles. The number of nitrogens with one attached hydrogen (secondary N) is 1. The van der Waals surface area contributed by atoms with E-state index in [4.69, 9.17) is 14.2 Å². The lowest BCUT2D eigenvalue weighted by Gasteiger charge is -2.38. The van der Waals surface area contributed by atoms with Gasteiger partial charge >= 0.3 is 5.97 Å². The van der Waals surface area contributed by atoms with Gasteiger partial charge in [-0.2, -0.15) is 0 Å². The number of fused-ring (bicyclic) bond motifs is 1. The lowest BCUT2D eigenvalue weighted by molar-refractivity contribution is -0.160. The quantitative estimate of drug-likeness (QED) is 0.140. The lowest BCUT2D eigenvalue weighted by Crippen LogP contribution is -2.57. The Morgan fingerprint density at radius 2 is 1.92 bits per heavy atom. The Balaban J connectivity index is 1.40. The maximum absolute atomic E-state index is 14.5. The average molecular weight is 732 g/mol. The second kappa shape index (κ2) is 16.5. The second-order valence-electron chi connectivity index (χ2n) is 12.8. The third-order valence-electron chi connectivity index (χ3n) is 9.79. The second-order valence-corrected chi connectivity index (χ2v) is 13.9. The molecule has 1 aromatic rings. The van der Waals surface area contributed by atoms with Crippen molar-refractivity contribution < 1.29 is 38.5 Å². The minimum absolute atomic E-state index is 0.0505. The molecule has 7 atom stereocenters. The summed E-state index contributed by atoms with van der Waals surface area (Å²) in [6.45, 7) is 11.7. The van der Waals surface area contributed by atoms with E-state index in [0.717, 1.165) is 13.1 Å². The zero-order chi connectivity index (χ0) is 34.3. The van der Waals surface area contributed by atoms with Crippen molar-refractivity contribution in [1.29, 1.82) is 0 Å². The topological polar surface area (TPSA) is 138 Å². The Bertz CT molecular complexity index is 1330. The number of morpholine rings is 1. The molecule has 1 unspecified atom stereocenters. The number of ether oxygens (including phenoxy) is 3. The van der Waals surface area contributed by atoms with Gasteiger partial charge in [-0.15, -0.1) is 13.2 Å². The van der Waals surface area contributed by atoms with E-state index in [-0.39, 0.29) is 61.6 Å². The highest BCUT2D eigenvalue weighted by Crippen LogP contribution is 2.60. The molecule has 12 nitrogen and oxygen atoms in total. The van der Waals surface area contributed by atoms with E-state index < -0.39 is 41.7 Å². The highest BCUT2D eigenvalue weighted by molar-refractivity contribution is 9.09. The summed E-state index contributed by atoms with van der Waals surface area (Å²) in [6, 6.07) is 8.14. The molecule has 0 radical (unpaired) electrons. The molecule has 4 saturated heterocycles. The molecule has 0 aliphatic carbocycles. The number of hydrogen-bond donors (Lipinski definition) is 2. The van der Waals surface area contributed by atoms with Gasteiger partial charge in [0.1, 0.15) is 17.7 Å². The van der Waals surface area contributed by atoms with E-state index in [1.165, 1.54) is 4.90 Å². The molecule has 0 saturated carbocycles. The molecular weight excluding hydrogens is 684 g/mol. The number of halogens is 1. The first-order valence-corrected chi connectivity index (χ1v) is 17.7. The van der Waals surface area contributed by atoms with Crippen molar-refractivity contribution in [1.82, 2.24) is 20.0 Å². The molecule has 4 aliphatic heterocycles. The number of esters is 1. The van der Waals surface area contributed by atoms with E-state index in [2.05, 4.69) is 39.3 Å². The smallest absolute Gasteiger partial charge is 0.313 e. The van der Waals surface area contributed by atoms with Gasteiger partial charge in [0, 0.05) is 57.1 Å². The number of aliphatic hydroxyl groups is 1. The van der Waals surface area contributed by atoms with E-state index >= 15 is 0 Å². The van der Waals surface area contributed by atoms with E-state index in [0.29, 0.717) is 44.7 Å². The maximum atomic E-state index is 14.5. The standard InChI is InChI=1S/C35H47BrN4O8/c1-3-5-12-27(42)37-23-26(24-10-7-6-8-11-24)47-34(45)28-29-32(43)40(14-9-19-41)31(35(29)22-25(36)30(28)48-35)33(44)39(13-4-2)16-15-38-17-20-46-21-18-38/h3-4,6-8,10-11,25-26,28-31,41H,1-2,5,9,12-23H2,(H,37,42)/t25?,26-,28-,29+,30-,31-,35+/m0/s1. The molecule has 1 spiro atoms. The van der Waals surface area contributed by atoms with Crippen LogP contribution in [-0.4, -0.2) is 132 Å². The predicted molar refractivity (Wildman–Crippen MR) is 181 cm³/mol. The number of allylic oxidation sites excluding steroid dienone is 1. The van der Waals surface area contributed by atoms with Crippen LogP contribution in [0.4, 0.5) is 0 Å². The first-order valence-electron chi connectivity index (χ1n) is 16.8. The SMILES string of the molecule is C=CCCC(=O)NC[C@H](OC(=O)[C@@H]1[C@H]2O[C@@]3(CC2Br)[C@H](C(=O)N(CC=C)CCN2CCOCC2)N(CCCO)C(=O)[C@@H]13)c1ccccc1. The molecule has 2 N–H and O–H groups in total. The molecule has 2 bridgehead atoms. The summed E-state index contributed by atoms with van der Waals surface area (Å²) in [5.41, 5.74) is -0.564. The normalized spacial score (nSPS) is 28.5. The van der Waals surface area contributed by atoms with Gasteiger partial charge in [-0.05, 0) is 24.8 Å². The molecule has 4 heterocycles. The van der Waals surface area contributed by atoms with Gasteiger partial charge in [0.05, 0.1) is 37.7 Å². The van der Waals surface area contributed by atoms with Gasteiger partial charge in [-0.25, -0.2) is 0 Å². The molecule has 0 aromatic heterocycles. The summed E-state index contributed by atoms with van der Waals surface area (Å²) in [6.07, 6.45) is 3.24. The zero-order valence-electron chi connectivity index (χ0n) is 27.3. The molecule has 13 heteroatoms. The Hall–Kier alpha value is -3.10.